The summed E-state index contributed by atoms with van der Waals surface area (Å²) < 4.78 is 31.1. The lowest BCUT2D eigenvalue weighted by Crippen LogP contribution is -2.20. The quantitative estimate of drug-likeness (QED) is 0.701. The summed E-state index contributed by atoms with van der Waals surface area (Å²) >= 11 is 0. The molecular weight excluding hydrogens is 378 g/mol. The molecule has 1 fully saturated rings. The fourth-order valence-corrected chi connectivity index (χ4v) is 4.25. The molecule has 5 nitrogen and oxygen atoms in total. The zero-order valence-corrected chi connectivity index (χ0v) is 15.5. The third-order valence-corrected chi connectivity index (χ3v) is 5.80. The van der Waals surface area contributed by atoms with Gasteiger partial charge in [-0.3, -0.25) is 4.79 Å². The normalized spacial score (nSPS) is 15.7. The number of aromatic carboxylic acids is 1. The lowest BCUT2D eigenvalue weighted by molar-refractivity contribution is 0.0695. The van der Waals surface area contributed by atoms with Crippen molar-refractivity contribution in [3.63, 3.8) is 0 Å². The molecule has 0 spiro atoms. The van der Waals surface area contributed by atoms with Gasteiger partial charge in [0.05, 0.1) is 5.52 Å². The van der Waals surface area contributed by atoms with E-state index >= 15 is 4.39 Å². The van der Waals surface area contributed by atoms with E-state index in [4.69, 9.17) is 0 Å². The summed E-state index contributed by atoms with van der Waals surface area (Å²) in [4.78, 5) is 24.2. The number of nitrogens with one attached hydrogen (secondary N) is 1. The second-order valence-corrected chi connectivity index (χ2v) is 7.64. The van der Waals surface area contributed by atoms with E-state index in [0.717, 1.165) is 36.6 Å². The van der Waals surface area contributed by atoms with Crippen LogP contribution in [0.2, 0.25) is 0 Å². The van der Waals surface area contributed by atoms with E-state index in [2.05, 4.69) is 5.32 Å². The summed E-state index contributed by atoms with van der Waals surface area (Å²) in [5.41, 5.74) is 2.01. The van der Waals surface area contributed by atoms with Crippen molar-refractivity contribution < 1.29 is 18.7 Å². The van der Waals surface area contributed by atoms with Gasteiger partial charge in [-0.2, -0.15) is 0 Å². The molecule has 5 rings (SSSR count). The summed E-state index contributed by atoms with van der Waals surface area (Å²) in [6.07, 6.45) is 2.89. The molecule has 2 heterocycles. The van der Waals surface area contributed by atoms with Crippen molar-refractivity contribution in [3.8, 4) is 11.1 Å². The number of benzene rings is 2. The first-order valence-corrected chi connectivity index (χ1v) is 9.52. The van der Waals surface area contributed by atoms with Crippen molar-refractivity contribution in [3.05, 3.63) is 68.8 Å². The number of carbonyl (C=O) groups is 1. The molecule has 0 radical (unpaired) electrons. The van der Waals surface area contributed by atoms with Gasteiger partial charge in [0.15, 0.2) is 0 Å². The predicted molar refractivity (Wildman–Crippen MR) is 104 cm³/mol. The maximum Gasteiger partial charge on any atom is 0.341 e. The van der Waals surface area contributed by atoms with E-state index in [-0.39, 0.29) is 22.6 Å². The van der Waals surface area contributed by atoms with Crippen LogP contribution in [0.3, 0.4) is 0 Å². The fraction of sp³-hybridized carbons (Fsp3) is 0.273. The molecule has 2 N–H and O–H groups in total. The number of rotatable bonds is 4. The monoisotopic (exact) mass is 396 g/mol. The number of hydrogen-bond donors (Lipinski definition) is 2. The lowest BCUT2D eigenvalue weighted by atomic mass is 9.93. The molecule has 1 aliphatic carbocycles. The Kier molecular flexibility index (Phi) is 4.03. The van der Waals surface area contributed by atoms with Crippen LogP contribution in [0.1, 0.15) is 45.9 Å². The molecule has 2 aliphatic rings. The minimum absolute atomic E-state index is 0.0102. The molecule has 29 heavy (non-hydrogen) atoms. The van der Waals surface area contributed by atoms with Gasteiger partial charge in [-0.1, -0.05) is 12.1 Å². The molecule has 1 aromatic heterocycles. The Morgan fingerprint density at radius 2 is 1.97 bits per heavy atom. The number of aromatic nitrogens is 1. The van der Waals surface area contributed by atoms with Gasteiger partial charge in [0, 0.05) is 41.8 Å². The van der Waals surface area contributed by atoms with Crippen molar-refractivity contribution in [2.45, 2.75) is 38.6 Å². The van der Waals surface area contributed by atoms with E-state index in [1.54, 1.807) is 10.6 Å². The second-order valence-electron chi connectivity index (χ2n) is 7.64. The van der Waals surface area contributed by atoms with Gasteiger partial charge in [0.25, 0.3) is 0 Å². The molecule has 7 heteroatoms. The molecule has 148 valence electrons. The van der Waals surface area contributed by atoms with E-state index in [0.29, 0.717) is 17.6 Å². The highest BCUT2D eigenvalue weighted by Gasteiger charge is 2.30. The highest BCUT2D eigenvalue weighted by molar-refractivity contribution is 5.96. The van der Waals surface area contributed by atoms with E-state index in [9.17, 15) is 19.1 Å². The van der Waals surface area contributed by atoms with E-state index in [1.165, 1.54) is 6.20 Å². The summed E-state index contributed by atoms with van der Waals surface area (Å²) in [6, 6.07) is 6.56. The maximum absolute atomic E-state index is 15.2. The predicted octanol–water partition coefficient (Wildman–Crippen LogP) is 3.91. The number of carboxylic acid groups (broad SMARTS) is 1. The molecule has 0 bridgehead atoms. The Hall–Kier alpha value is -3.06. The minimum Gasteiger partial charge on any atom is -0.477 e. The average Bonchev–Trinajstić information content (AvgIpc) is 3.44. The topological polar surface area (TPSA) is 71.3 Å². The third kappa shape index (κ3) is 2.76. The molecule has 0 atom stereocenters. The van der Waals surface area contributed by atoms with Crippen LogP contribution in [0.5, 0.6) is 0 Å². The van der Waals surface area contributed by atoms with Gasteiger partial charge >= 0.3 is 5.97 Å². The maximum atomic E-state index is 15.2. The molecule has 0 saturated heterocycles. The fourth-order valence-electron chi connectivity index (χ4n) is 4.25. The molecule has 1 saturated carbocycles. The molecule has 2 aromatic carbocycles. The van der Waals surface area contributed by atoms with Crippen molar-refractivity contribution in [2.24, 2.45) is 0 Å². The van der Waals surface area contributed by atoms with Gasteiger partial charge in [-0.25, -0.2) is 13.6 Å². The van der Waals surface area contributed by atoms with Crippen LogP contribution >= 0.6 is 0 Å². The summed E-state index contributed by atoms with van der Waals surface area (Å²) in [5, 5.41) is 12.5. The van der Waals surface area contributed by atoms with Crippen molar-refractivity contribution in [1.82, 2.24) is 9.88 Å². The van der Waals surface area contributed by atoms with Crippen LogP contribution in [0.4, 0.5) is 8.78 Å². The SMILES string of the molecule is O=C(O)c1cn(C2CC2)c2c(CF)c(-c3ccc4c(c3)CNC4)c(F)cc2c1=O. The van der Waals surface area contributed by atoms with Crippen molar-refractivity contribution in [1.29, 1.82) is 0 Å². The van der Waals surface area contributed by atoms with Gasteiger partial charge < -0.3 is 15.0 Å². The Balaban J connectivity index is 1.86. The summed E-state index contributed by atoms with van der Waals surface area (Å²) in [7, 11) is 0. The first-order chi connectivity index (χ1) is 14.0. The van der Waals surface area contributed by atoms with Crippen LogP contribution in [-0.4, -0.2) is 15.6 Å². The standard InChI is InChI=1S/C22H18F2N2O3/c23-7-16-19(11-1-2-12-8-25-9-13(12)5-11)18(24)6-15-20(16)26(14-3-4-14)10-17(21(15)27)22(28)29/h1-2,5-6,10,14,25H,3-4,7-9H2,(H,28,29). The number of hydrogen-bond acceptors (Lipinski definition) is 3. The molecular formula is C22H18F2N2O3. The van der Waals surface area contributed by atoms with Crippen LogP contribution < -0.4 is 10.7 Å². The number of carboxylic acids is 1. The molecule has 1 aliphatic heterocycles. The zero-order chi connectivity index (χ0) is 20.3. The molecule has 0 unspecified atom stereocenters. The van der Waals surface area contributed by atoms with Crippen LogP contribution in [-0.2, 0) is 19.8 Å². The minimum atomic E-state index is -1.37. The van der Waals surface area contributed by atoms with Gasteiger partial charge in [0.1, 0.15) is 18.1 Å². The van der Waals surface area contributed by atoms with E-state index in [1.807, 2.05) is 12.1 Å². The van der Waals surface area contributed by atoms with Crippen LogP contribution in [0.25, 0.3) is 22.0 Å². The number of halogens is 2. The third-order valence-electron chi connectivity index (χ3n) is 5.80. The second kappa shape index (κ2) is 6.49. The number of alkyl halides is 1. The summed E-state index contributed by atoms with van der Waals surface area (Å²) in [6.45, 7) is 0.445. The van der Waals surface area contributed by atoms with Gasteiger partial charge in [-0.15, -0.1) is 0 Å². The first-order valence-electron chi connectivity index (χ1n) is 9.52. The van der Waals surface area contributed by atoms with Gasteiger partial charge in [-0.05, 0) is 41.7 Å². The largest absolute Gasteiger partial charge is 0.477 e. The first kappa shape index (κ1) is 18.0. The Bertz CT molecular complexity index is 1250. The van der Waals surface area contributed by atoms with Crippen LogP contribution in [0.15, 0.2) is 35.3 Å². The van der Waals surface area contributed by atoms with Crippen molar-refractivity contribution in [2.75, 3.05) is 0 Å². The Morgan fingerprint density at radius 3 is 2.66 bits per heavy atom. The zero-order valence-electron chi connectivity index (χ0n) is 15.5. The Labute approximate surface area is 164 Å². The highest BCUT2D eigenvalue weighted by atomic mass is 19.1. The molecule has 0 amide bonds. The smallest absolute Gasteiger partial charge is 0.341 e. The number of fused-ring (bicyclic) bond motifs is 2. The summed E-state index contributed by atoms with van der Waals surface area (Å²) in [5.74, 6) is -2.10. The van der Waals surface area contributed by atoms with E-state index < -0.39 is 29.5 Å². The highest BCUT2D eigenvalue weighted by Crippen LogP contribution is 2.41. The average molecular weight is 396 g/mol. The Morgan fingerprint density at radius 1 is 1.21 bits per heavy atom. The number of nitrogens with zero attached hydrogens (tertiary/aromatic N) is 1. The van der Waals surface area contributed by atoms with Crippen molar-refractivity contribution >= 4 is 16.9 Å². The van der Waals surface area contributed by atoms with Crippen LogP contribution in [0, 0.1) is 5.82 Å². The van der Waals surface area contributed by atoms with Gasteiger partial charge in [0.2, 0.25) is 5.43 Å². The molecule has 3 aromatic rings. The number of pyridine rings is 1. The lowest BCUT2D eigenvalue weighted by Gasteiger charge is -2.18.